The van der Waals surface area contributed by atoms with Crippen LogP contribution in [0, 0.1) is 27.7 Å². The number of rotatable bonds is 3. The standard InChI is InChI=1S/C18H20BrCl/c1-11-5-6-15(7-12(11)2)10-18(20)16-8-14(4)17(19)9-13(16)3/h5-9,18H,10H2,1-4H3. The lowest BCUT2D eigenvalue weighted by molar-refractivity contribution is 0.904. The molecule has 0 radical (unpaired) electrons. The Hall–Kier alpha value is -0.790. The molecule has 0 spiro atoms. The lowest BCUT2D eigenvalue weighted by Gasteiger charge is -2.15. The van der Waals surface area contributed by atoms with E-state index in [1.807, 2.05) is 0 Å². The van der Waals surface area contributed by atoms with Crippen molar-refractivity contribution in [3.05, 3.63) is 68.2 Å². The van der Waals surface area contributed by atoms with E-state index in [4.69, 9.17) is 11.6 Å². The summed E-state index contributed by atoms with van der Waals surface area (Å²) in [4.78, 5) is 0. The van der Waals surface area contributed by atoms with Gasteiger partial charge in [0.15, 0.2) is 0 Å². The molecule has 106 valence electrons. The average molecular weight is 352 g/mol. The highest BCUT2D eigenvalue weighted by atomic mass is 79.9. The molecule has 0 amide bonds. The van der Waals surface area contributed by atoms with E-state index in [0.29, 0.717) is 0 Å². The van der Waals surface area contributed by atoms with Gasteiger partial charge < -0.3 is 0 Å². The molecule has 0 aliphatic heterocycles. The molecule has 20 heavy (non-hydrogen) atoms. The molecule has 0 bridgehead atoms. The molecule has 0 aliphatic rings. The van der Waals surface area contributed by atoms with E-state index in [1.165, 1.54) is 33.4 Å². The summed E-state index contributed by atoms with van der Waals surface area (Å²) in [5.74, 6) is 0. The third kappa shape index (κ3) is 3.45. The van der Waals surface area contributed by atoms with E-state index in [1.54, 1.807) is 0 Å². The second kappa shape index (κ2) is 6.32. The topological polar surface area (TPSA) is 0 Å². The van der Waals surface area contributed by atoms with Crippen molar-refractivity contribution in [2.24, 2.45) is 0 Å². The number of halogens is 2. The van der Waals surface area contributed by atoms with Crippen LogP contribution in [0.1, 0.15) is 38.8 Å². The van der Waals surface area contributed by atoms with Crippen LogP contribution in [0.25, 0.3) is 0 Å². The number of benzene rings is 2. The molecular formula is C18H20BrCl. The van der Waals surface area contributed by atoms with Crippen molar-refractivity contribution >= 4 is 27.5 Å². The fraction of sp³-hybridized carbons (Fsp3) is 0.333. The molecule has 1 unspecified atom stereocenters. The molecule has 0 aliphatic carbocycles. The largest absolute Gasteiger partial charge is 0.117 e. The molecular weight excluding hydrogens is 332 g/mol. The zero-order valence-corrected chi connectivity index (χ0v) is 14.8. The highest BCUT2D eigenvalue weighted by Crippen LogP contribution is 2.31. The maximum absolute atomic E-state index is 6.65. The molecule has 0 N–H and O–H groups in total. The average Bonchev–Trinajstić information content (AvgIpc) is 2.38. The van der Waals surface area contributed by atoms with Crippen molar-refractivity contribution in [3.8, 4) is 0 Å². The van der Waals surface area contributed by atoms with Gasteiger partial charge in [-0.3, -0.25) is 0 Å². The number of hydrogen-bond acceptors (Lipinski definition) is 0. The Kier molecular flexibility index (Phi) is 4.93. The van der Waals surface area contributed by atoms with E-state index in [2.05, 4.69) is 74.0 Å². The minimum Gasteiger partial charge on any atom is -0.117 e. The van der Waals surface area contributed by atoms with E-state index in [0.717, 1.165) is 10.9 Å². The van der Waals surface area contributed by atoms with Crippen molar-refractivity contribution < 1.29 is 0 Å². The van der Waals surface area contributed by atoms with Crippen molar-refractivity contribution in [1.29, 1.82) is 0 Å². The van der Waals surface area contributed by atoms with E-state index >= 15 is 0 Å². The molecule has 0 fully saturated rings. The SMILES string of the molecule is Cc1ccc(CC(Cl)c2cc(C)c(Br)cc2C)cc1C. The van der Waals surface area contributed by atoms with Crippen LogP contribution in [0.4, 0.5) is 0 Å². The zero-order valence-electron chi connectivity index (χ0n) is 12.4. The molecule has 0 saturated carbocycles. The summed E-state index contributed by atoms with van der Waals surface area (Å²) in [5, 5.41) is 0.0175. The Morgan fingerprint density at radius 3 is 2.25 bits per heavy atom. The normalized spacial score (nSPS) is 12.5. The quantitative estimate of drug-likeness (QED) is 0.577. The summed E-state index contributed by atoms with van der Waals surface area (Å²) >= 11 is 10.2. The van der Waals surface area contributed by atoms with Crippen molar-refractivity contribution in [3.63, 3.8) is 0 Å². The lowest BCUT2D eigenvalue weighted by atomic mass is 9.96. The summed E-state index contributed by atoms with van der Waals surface area (Å²) in [5.41, 5.74) is 7.66. The third-order valence-corrected chi connectivity index (χ3v) is 5.11. The predicted octanol–water partition coefficient (Wildman–Crippen LogP) is 6.21. The minimum atomic E-state index is 0.0175. The summed E-state index contributed by atoms with van der Waals surface area (Å²) < 4.78 is 1.15. The number of aryl methyl sites for hydroxylation is 4. The van der Waals surface area contributed by atoms with Crippen LogP contribution in [0.2, 0.25) is 0 Å². The van der Waals surface area contributed by atoms with Crippen LogP contribution >= 0.6 is 27.5 Å². The van der Waals surface area contributed by atoms with Gasteiger partial charge in [-0.15, -0.1) is 11.6 Å². The Morgan fingerprint density at radius 1 is 0.900 bits per heavy atom. The smallest absolute Gasteiger partial charge is 0.0628 e. The maximum Gasteiger partial charge on any atom is 0.0628 e. The van der Waals surface area contributed by atoms with Gasteiger partial charge in [-0.25, -0.2) is 0 Å². The second-order valence-corrected chi connectivity index (χ2v) is 6.93. The summed E-state index contributed by atoms with van der Waals surface area (Å²) in [7, 11) is 0. The highest BCUT2D eigenvalue weighted by molar-refractivity contribution is 9.10. The van der Waals surface area contributed by atoms with Gasteiger partial charge in [0.25, 0.3) is 0 Å². The fourth-order valence-corrected chi connectivity index (χ4v) is 3.26. The Labute approximate surface area is 135 Å². The Bertz CT molecular complexity index is 632. The summed E-state index contributed by atoms with van der Waals surface area (Å²) in [6, 6.07) is 10.9. The number of hydrogen-bond donors (Lipinski definition) is 0. The van der Waals surface area contributed by atoms with Gasteiger partial charge in [0.1, 0.15) is 0 Å². The van der Waals surface area contributed by atoms with Gasteiger partial charge in [-0.1, -0.05) is 40.2 Å². The van der Waals surface area contributed by atoms with Crippen LogP contribution in [0.15, 0.2) is 34.8 Å². The molecule has 0 aromatic heterocycles. The third-order valence-electron chi connectivity index (χ3n) is 3.87. The zero-order chi connectivity index (χ0) is 14.9. The second-order valence-electron chi connectivity index (χ2n) is 5.55. The molecule has 0 saturated heterocycles. The first-order valence-electron chi connectivity index (χ1n) is 6.85. The number of alkyl halides is 1. The Balaban J connectivity index is 2.25. The summed E-state index contributed by atoms with van der Waals surface area (Å²) in [6.07, 6.45) is 0.866. The highest BCUT2D eigenvalue weighted by Gasteiger charge is 2.13. The van der Waals surface area contributed by atoms with Gasteiger partial charge in [0.05, 0.1) is 5.38 Å². The minimum absolute atomic E-state index is 0.0175. The van der Waals surface area contributed by atoms with E-state index < -0.39 is 0 Å². The molecule has 2 aromatic carbocycles. The van der Waals surface area contributed by atoms with Crippen LogP contribution in [0.3, 0.4) is 0 Å². The molecule has 2 aromatic rings. The molecule has 0 heterocycles. The van der Waals surface area contributed by atoms with Gasteiger partial charge in [-0.2, -0.15) is 0 Å². The van der Waals surface area contributed by atoms with Gasteiger partial charge in [-0.05, 0) is 73.6 Å². The van der Waals surface area contributed by atoms with E-state index in [-0.39, 0.29) is 5.38 Å². The van der Waals surface area contributed by atoms with Crippen LogP contribution < -0.4 is 0 Å². The lowest BCUT2D eigenvalue weighted by Crippen LogP contribution is -2.00. The van der Waals surface area contributed by atoms with E-state index in [9.17, 15) is 0 Å². The van der Waals surface area contributed by atoms with Gasteiger partial charge >= 0.3 is 0 Å². The van der Waals surface area contributed by atoms with Crippen molar-refractivity contribution in [1.82, 2.24) is 0 Å². The first-order valence-corrected chi connectivity index (χ1v) is 8.08. The van der Waals surface area contributed by atoms with Gasteiger partial charge in [0.2, 0.25) is 0 Å². The summed E-state index contributed by atoms with van der Waals surface area (Å²) in [6.45, 7) is 8.51. The fourth-order valence-electron chi connectivity index (χ4n) is 2.39. The first kappa shape index (κ1) is 15.6. The van der Waals surface area contributed by atoms with Crippen LogP contribution in [-0.2, 0) is 6.42 Å². The molecule has 2 rings (SSSR count). The van der Waals surface area contributed by atoms with Crippen molar-refractivity contribution in [2.45, 2.75) is 39.5 Å². The Morgan fingerprint density at radius 2 is 1.60 bits per heavy atom. The van der Waals surface area contributed by atoms with Gasteiger partial charge in [0, 0.05) is 4.47 Å². The first-order chi connectivity index (χ1) is 9.38. The molecule has 1 atom stereocenters. The molecule has 2 heteroatoms. The van der Waals surface area contributed by atoms with Crippen LogP contribution in [0.5, 0.6) is 0 Å². The predicted molar refractivity (Wildman–Crippen MR) is 91.8 cm³/mol. The van der Waals surface area contributed by atoms with Crippen molar-refractivity contribution in [2.75, 3.05) is 0 Å². The monoisotopic (exact) mass is 350 g/mol. The molecule has 0 nitrogen and oxygen atoms in total. The maximum atomic E-state index is 6.65. The van der Waals surface area contributed by atoms with Crippen LogP contribution in [-0.4, -0.2) is 0 Å².